The molecule has 0 spiro atoms. The normalized spacial score (nSPS) is 15.1. The van der Waals surface area contributed by atoms with Crippen molar-refractivity contribution in [2.75, 3.05) is 24.2 Å². The van der Waals surface area contributed by atoms with Crippen LogP contribution in [0.25, 0.3) is 10.2 Å². The van der Waals surface area contributed by atoms with E-state index < -0.39 is 0 Å². The summed E-state index contributed by atoms with van der Waals surface area (Å²) in [6, 6.07) is 5.48. The number of hydrogen-bond acceptors (Lipinski definition) is 6. The number of carbonyl (C=O) groups is 2. The fraction of sp³-hybridized carbons (Fsp3) is 0.440. The molecule has 34 heavy (non-hydrogen) atoms. The zero-order valence-corrected chi connectivity index (χ0v) is 20.9. The number of aromatic amines is 1. The highest BCUT2D eigenvalue weighted by Gasteiger charge is 2.23. The molecule has 2 N–H and O–H groups in total. The molecule has 2 aliphatic rings. The van der Waals surface area contributed by atoms with Crippen LogP contribution in [0, 0.1) is 6.92 Å². The summed E-state index contributed by atoms with van der Waals surface area (Å²) in [7, 11) is 0. The van der Waals surface area contributed by atoms with Crippen LogP contribution >= 0.6 is 23.1 Å². The van der Waals surface area contributed by atoms with Gasteiger partial charge in [0.1, 0.15) is 10.7 Å². The Morgan fingerprint density at radius 3 is 2.85 bits per heavy atom. The van der Waals surface area contributed by atoms with Crippen molar-refractivity contribution < 1.29 is 9.59 Å². The summed E-state index contributed by atoms with van der Waals surface area (Å²) >= 11 is 3.21. The fourth-order valence-corrected chi connectivity index (χ4v) is 6.84. The van der Waals surface area contributed by atoms with Crippen LogP contribution in [0.2, 0.25) is 0 Å². The van der Waals surface area contributed by atoms with E-state index in [4.69, 9.17) is 0 Å². The topological polar surface area (TPSA) is 95.2 Å². The third-order valence-corrected chi connectivity index (χ3v) is 8.72. The second kappa shape index (κ2) is 9.92. The largest absolute Gasteiger partial charge is 0.339 e. The number of anilines is 1. The molecule has 0 unspecified atom stereocenters. The lowest BCUT2D eigenvalue weighted by atomic mass is 10.1. The van der Waals surface area contributed by atoms with E-state index in [1.165, 1.54) is 10.4 Å². The van der Waals surface area contributed by atoms with Gasteiger partial charge in [-0.2, -0.15) is 11.8 Å². The number of rotatable bonds is 7. The molecule has 1 fully saturated rings. The van der Waals surface area contributed by atoms with E-state index >= 15 is 0 Å². The molecule has 2 aromatic heterocycles. The molecule has 0 radical (unpaired) electrons. The highest BCUT2D eigenvalue weighted by Crippen LogP contribution is 2.34. The number of amides is 2. The highest BCUT2D eigenvalue weighted by atomic mass is 32.2. The van der Waals surface area contributed by atoms with E-state index in [0.29, 0.717) is 35.0 Å². The number of aromatic nitrogens is 2. The number of carbonyl (C=O) groups excluding carboxylic acids is 2. The van der Waals surface area contributed by atoms with Gasteiger partial charge in [-0.1, -0.05) is 6.07 Å². The SMILES string of the molecule is Cc1c(NC(=O)CCSCc2nc3sc4c(c3c(=O)[nH]2)CCC4)cccc1C(=O)N1CCCC1. The quantitative estimate of drug-likeness (QED) is 0.476. The highest BCUT2D eigenvalue weighted by molar-refractivity contribution is 7.98. The standard InChI is InChI=1S/C25H28N4O3S2/c1-15-16(25(32)29-11-2-3-12-29)6-4-8-18(15)26-21(30)10-13-33-14-20-27-23(31)22-17-7-5-9-19(17)34-24(22)28-20/h4,6,8H,2-3,5,7,9-14H2,1H3,(H,26,30)(H,27,28,31). The first-order chi connectivity index (χ1) is 16.5. The van der Waals surface area contributed by atoms with Gasteiger partial charge in [-0.25, -0.2) is 4.98 Å². The minimum absolute atomic E-state index is 0.0380. The van der Waals surface area contributed by atoms with Crippen LogP contribution in [0.1, 0.15) is 57.9 Å². The maximum atomic E-state index is 12.8. The lowest BCUT2D eigenvalue weighted by Crippen LogP contribution is -2.28. The van der Waals surface area contributed by atoms with Gasteiger partial charge in [0.05, 0.1) is 11.1 Å². The number of benzene rings is 1. The van der Waals surface area contributed by atoms with Gasteiger partial charge in [0, 0.05) is 41.4 Å². The average molecular weight is 497 g/mol. The van der Waals surface area contributed by atoms with Crippen LogP contribution in [0.4, 0.5) is 5.69 Å². The Morgan fingerprint density at radius 2 is 2.03 bits per heavy atom. The summed E-state index contributed by atoms with van der Waals surface area (Å²) < 4.78 is 0. The Kier molecular flexibility index (Phi) is 6.74. The number of H-pyrrole nitrogens is 1. The smallest absolute Gasteiger partial charge is 0.259 e. The van der Waals surface area contributed by atoms with E-state index in [0.717, 1.165) is 61.0 Å². The average Bonchev–Trinajstić information content (AvgIpc) is 3.55. The van der Waals surface area contributed by atoms with Gasteiger partial charge in [-0.3, -0.25) is 14.4 Å². The number of nitrogens with zero attached hydrogens (tertiary/aromatic N) is 2. The first-order valence-electron chi connectivity index (χ1n) is 11.8. The van der Waals surface area contributed by atoms with E-state index in [1.54, 1.807) is 23.1 Å². The van der Waals surface area contributed by atoms with Crippen LogP contribution in [0.15, 0.2) is 23.0 Å². The Labute approximate surface area is 206 Å². The van der Waals surface area contributed by atoms with E-state index in [2.05, 4.69) is 15.3 Å². The molecule has 1 aromatic carbocycles. The van der Waals surface area contributed by atoms with Gasteiger partial charge >= 0.3 is 0 Å². The van der Waals surface area contributed by atoms with Gasteiger partial charge in [-0.05, 0) is 62.3 Å². The summed E-state index contributed by atoms with van der Waals surface area (Å²) in [6.45, 7) is 3.48. The number of thiophene rings is 1. The molecule has 1 aliphatic carbocycles. The van der Waals surface area contributed by atoms with E-state index in [9.17, 15) is 14.4 Å². The third-order valence-electron chi connectivity index (χ3n) is 6.57. The molecular formula is C25H28N4O3S2. The third kappa shape index (κ3) is 4.63. The van der Waals surface area contributed by atoms with Gasteiger partial charge in [0.2, 0.25) is 5.91 Å². The van der Waals surface area contributed by atoms with Crippen molar-refractivity contribution in [3.05, 3.63) is 55.9 Å². The van der Waals surface area contributed by atoms with Crippen molar-refractivity contribution in [2.24, 2.45) is 0 Å². The minimum atomic E-state index is -0.0899. The second-order valence-corrected chi connectivity index (χ2v) is 11.1. The molecule has 1 aliphatic heterocycles. The molecule has 0 saturated carbocycles. The Morgan fingerprint density at radius 1 is 1.21 bits per heavy atom. The van der Waals surface area contributed by atoms with Crippen molar-refractivity contribution in [2.45, 2.75) is 51.2 Å². The predicted octanol–water partition coefficient (Wildman–Crippen LogP) is 4.28. The molecule has 7 nitrogen and oxygen atoms in total. The first kappa shape index (κ1) is 23.1. The Hall–Kier alpha value is -2.65. The van der Waals surface area contributed by atoms with Crippen molar-refractivity contribution >= 4 is 50.8 Å². The molecule has 2 amide bonds. The number of nitrogens with one attached hydrogen (secondary N) is 2. The van der Waals surface area contributed by atoms with Crippen molar-refractivity contribution in [3.63, 3.8) is 0 Å². The second-order valence-electron chi connectivity index (χ2n) is 8.88. The molecule has 3 aromatic rings. The van der Waals surface area contributed by atoms with Crippen molar-refractivity contribution in [1.82, 2.24) is 14.9 Å². The number of thioether (sulfide) groups is 1. The lowest BCUT2D eigenvalue weighted by Gasteiger charge is -2.18. The Bertz CT molecular complexity index is 1310. The monoisotopic (exact) mass is 496 g/mol. The Balaban J connectivity index is 1.15. The van der Waals surface area contributed by atoms with Crippen LogP contribution in [0.5, 0.6) is 0 Å². The van der Waals surface area contributed by atoms with Crippen LogP contribution in [0.3, 0.4) is 0 Å². The molecular weight excluding hydrogens is 468 g/mol. The summed E-state index contributed by atoms with van der Waals surface area (Å²) in [5, 5.41) is 3.72. The first-order valence-corrected chi connectivity index (χ1v) is 13.8. The molecule has 178 valence electrons. The number of aryl methyl sites for hydroxylation is 2. The van der Waals surface area contributed by atoms with E-state index in [-0.39, 0.29) is 17.4 Å². The molecule has 3 heterocycles. The summed E-state index contributed by atoms with van der Waals surface area (Å²) in [5.41, 5.74) is 3.28. The molecule has 5 rings (SSSR count). The maximum Gasteiger partial charge on any atom is 0.259 e. The lowest BCUT2D eigenvalue weighted by molar-refractivity contribution is -0.115. The number of fused-ring (bicyclic) bond motifs is 3. The van der Waals surface area contributed by atoms with E-state index in [1.807, 2.05) is 30.0 Å². The van der Waals surface area contributed by atoms with Gasteiger partial charge in [0.15, 0.2) is 0 Å². The van der Waals surface area contributed by atoms with Crippen LogP contribution < -0.4 is 10.9 Å². The molecule has 0 atom stereocenters. The molecule has 1 saturated heterocycles. The predicted molar refractivity (Wildman–Crippen MR) is 138 cm³/mol. The van der Waals surface area contributed by atoms with Crippen LogP contribution in [-0.4, -0.2) is 45.5 Å². The van der Waals surface area contributed by atoms with Gasteiger partial charge in [-0.15, -0.1) is 11.3 Å². The van der Waals surface area contributed by atoms with Crippen molar-refractivity contribution in [3.8, 4) is 0 Å². The maximum absolute atomic E-state index is 12.8. The number of likely N-dealkylation sites (tertiary alicyclic amines) is 1. The summed E-state index contributed by atoms with van der Waals surface area (Å²) in [4.78, 5) is 49.5. The molecule has 0 bridgehead atoms. The number of hydrogen-bond donors (Lipinski definition) is 2. The van der Waals surface area contributed by atoms with Crippen LogP contribution in [-0.2, 0) is 23.4 Å². The summed E-state index contributed by atoms with van der Waals surface area (Å²) in [5.74, 6) is 1.77. The zero-order chi connectivity index (χ0) is 23.7. The minimum Gasteiger partial charge on any atom is -0.339 e. The van der Waals surface area contributed by atoms with Gasteiger partial charge < -0.3 is 15.2 Å². The molecule has 9 heteroatoms. The summed E-state index contributed by atoms with van der Waals surface area (Å²) in [6.07, 6.45) is 5.57. The zero-order valence-electron chi connectivity index (χ0n) is 19.2. The fourth-order valence-electron chi connectivity index (χ4n) is 4.75. The van der Waals surface area contributed by atoms with Gasteiger partial charge in [0.25, 0.3) is 11.5 Å². The van der Waals surface area contributed by atoms with Crippen molar-refractivity contribution in [1.29, 1.82) is 0 Å².